The molecule has 170 valence electrons. The van der Waals surface area contributed by atoms with E-state index in [4.69, 9.17) is 9.73 Å². The van der Waals surface area contributed by atoms with Crippen LogP contribution in [0.3, 0.4) is 0 Å². The monoisotopic (exact) mass is 533 g/mol. The second-order valence-electron chi connectivity index (χ2n) is 8.27. The summed E-state index contributed by atoms with van der Waals surface area (Å²) in [4.78, 5) is 12.1. The number of morpholine rings is 1. The van der Waals surface area contributed by atoms with E-state index in [-0.39, 0.29) is 42.0 Å². The van der Waals surface area contributed by atoms with Crippen molar-refractivity contribution in [2.24, 2.45) is 4.99 Å². The first kappa shape index (κ1) is 25.3. The Bertz CT molecular complexity index is 666. The number of aliphatic imine (C=N–C) groups is 1. The normalized spacial score (nSPS) is 25.0. The highest BCUT2D eigenvalue weighted by atomic mass is 127. The van der Waals surface area contributed by atoms with Crippen LogP contribution >= 0.6 is 24.0 Å². The van der Waals surface area contributed by atoms with E-state index in [1.54, 1.807) is 0 Å². The van der Waals surface area contributed by atoms with Gasteiger partial charge < -0.3 is 19.9 Å². The maximum atomic E-state index is 13.3. The summed E-state index contributed by atoms with van der Waals surface area (Å²) in [5.41, 5.74) is 1.00. The number of benzene rings is 1. The van der Waals surface area contributed by atoms with Gasteiger partial charge in [0.2, 0.25) is 0 Å². The highest BCUT2D eigenvalue weighted by molar-refractivity contribution is 14.0. The van der Waals surface area contributed by atoms with Crippen LogP contribution in [0.2, 0.25) is 0 Å². The molecule has 0 amide bonds. The highest BCUT2D eigenvalue weighted by Crippen LogP contribution is 2.25. The molecule has 3 rings (SSSR count). The average Bonchev–Trinajstić information content (AvgIpc) is 2.71. The van der Waals surface area contributed by atoms with Crippen molar-refractivity contribution in [3.05, 3.63) is 35.6 Å². The fourth-order valence-corrected chi connectivity index (χ4v) is 4.01. The van der Waals surface area contributed by atoms with Crippen molar-refractivity contribution in [3.63, 3.8) is 0 Å². The first-order chi connectivity index (χ1) is 14.0. The minimum absolute atomic E-state index is 0. The Morgan fingerprint density at radius 2 is 1.87 bits per heavy atom. The summed E-state index contributed by atoms with van der Waals surface area (Å²) in [5, 5.41) is 3.45. The number of halogens is 2. The first-order valence-electron chi connectivity index (χ1n) is 10.8. The number of hydrogen-bond donors (Lipinski definition) is 1. The molecule has 2 saturated heterocycles. The zero-order valence-corrected chi connectivity index (χ0v) is 21.0. The molecule has 2 aliphatic rings. The molecule has 0 aromatic heterocycles. The van der Waals surface area contributed by atoms with Crippen LogP contribution in [0.4, 0.5) is 4.39 Å². The fraction of sp³-hybridized carbons (Fsp3) is 0.682. The zero-order valence-electron chi connectivity index (χ0n) is 18.7. The van der Waals surface area contributed by atoms with Crippen LogP contribution in [-0.2, 0) is 4.74 Å². The molecular formula is C22H37FIN5O. The molecule has 0 aliphatic carbocycles. The molecule has 1 aromatic rings. The Hall–Kier alpha value is -0.970. The number of guanidine groups is 1. The fourth-order valence-electron chi connectivity index (χ4n) is 4.01. The third-order valence-electron chi connectivity index (χ3n) is 5.80. The SMILES string of the molecule is CCNC(=NCC(C)N1CCN(C)CC1)N1CC(C)OC(c2ccc(F)cc2)C1.I. The van der Waals surface area contributed by atoms with Gasteiger partial charge in [-0.25, -0.2) is 4.39 Å². The minimum Gasteiger partial charge on any atom is -0.367 e. The summed E-state index contributed by atoms with van der Waals surface area (Å²) in [6.07, 6.45) is -0.00373. The highest BCUT2D eigenvalue weighted by Gasteiger charge is 2.28. The maximum absolute atomic E-state index is 13.3. The summed E-state index contributed by atoms with van der Waals surface area (Å²) in [6, 6.07) is 7.05. The van der Waals surface area contributed by atoms with Gasteiger partial charge in [-0.3, -0.25) is 9.89 Å². The van der Waals surface area contributed by atoms with Crippen molar-refractivity contribution in [2.75, 3.05) is 59.4 Å². The molecule has 3 unspecified atom stereocenters. The Morgan fingerprint density at radius 3 is 2.50 bits per heavy atom. The third-order valence-corrected chi connectivity index (χ3v) is 5.80. The van der Waals surface area contributed by atoms with Gasteiger partial charge in [0, 0.05) is 45.3 Å². The lowest BCUT2D eigenvalue weighted by molar-refractivity contribution is -0.0605. The van der Waals surface area contributed by atoms with Gasteiger partial charge in [0.05, 0.1) is 19.2 Å². The molecule has 0 saturated carbocycles. The lowest BCUT2D eigenvalue weighted by atomic mass is 10.1. The van der Waals surface area contributed by atoms with Crippen molar-refractivity contribution >= 4 is 29.9 Å². The quantitative estimate of drug-likeness (QED) is 0.359. The molecule has 1 aromatic carbocycles. The zero-order chi connectivity index (χ0) is 20.8. The van der Waals surface area contributed by atoms with E-state index in [0.29, 0.717) is 12.6 Å². The second kappa shape index (κ2) is 12.2. The van der Waals surface area contributed by atoms with E-state index < -0.39 is 0 Å². The molecule has 0 spiro atoms. The van der Waals surface area contributed by atoms with Gasteiger partial charge in [0.15, 0.2) is 5.96 Å². The smallest absolute Gasteiger partial charge is 0.194 e. The van der Waals surface area contributed by atoms with Crippen LogP contribution in [0.15, 0.2) is 29.3 Å². The number of nitrogens with zero attached hydrogens (tertiary/aromatic N) is 4. The van der Waals surface area contributed by atoms with Crippen LogP contribution in [0.5, 0.6) is 0 Å². The largest absolute Gasteiger partial charge is 0.367 e. The number of ether oxygens (including phenoxy) is 1. The maximum Gasteiger partial charge on any atom is 0.194 e. The van der Waals surface area contributed by atoms with E-state index in [1.807, 2.05) is 12.1 Å². The van der Waals surface area contributed by atoms with E-state index in [1.165, 1.54) is 12.1 Å². The van der Waals surface area contributed by atoms with Gasteiger partial charge in [-0.2, -0.15) is 0 Å². The summed E-state index contributed by atoms with van der Waals surface area (Å²) in [6.45, 7) is 14.0. The molecule has 6 nitrogen and oxygen atoms in total. The van der Waals surface area contributed by atoms with Crippen molar-refractivity contribution in [1.82, 2.24) is 20.0 Å². The van der Waals surface area contributed by atoms with Crippen LogP contribution in [0.25, 0.3) is 0 Å². The van der Waals surface area contributed by atoms with Crippen LogP contribution in [0.1, 0.15) is 32.4 Å². The van der Waals surface area contributed by atoms with Crippen molar-refractivity contribution < 1.29 is 9.13 Å². The molecular weight excluding hydrogens is 496 g/mol. The van der Waals surface area contributed by atoms with Crippen molar-refractivity contribution in [2.45, 2.75) is 39.0 Å². The summed E-state index contributed by atoms with van der Waals surface area (Å²) < 4.78 is 19.4. The number of nitrogens with one attached hydrogen (secondary N) is 1. The second-order valence-corrected chi connectivity index (χ2v) is 8.27. The topological polar surface area (TPSA) is 43.3 Å². The first-order valence-corrected chi connectivity index (χ1v) is 10.8. The lowest BCUT2D eigenvalue weighted by Crippen LogP contribution is -2.52. The van der Waals surface area contributed by atoms with Crippen molar-refractivity contribution in [1.29, 1.82) is 0 Å². The van der Waals surface area contributed by atoms with Gasteiger partial charge in [0.1, 0.15) is 11.9 Å². The van der Waals surface area contributed by atoms with E-state index in [2.05, 4.69) is 47.8 Å². The molecule has 8 heteroatoms. The summed E-state index contributed by atoms with van der Waals surface area (Å²) in [7, 11) is 2.18. The molecule has 0 bridgehead atoms. The summed E-state index contributed by atoms with van der Waals surface area (Å²) >= 11 is 0. The Kier molecular flexibility index (Phi) is 10.3. The van der Waals surface area contributed by atoms with Crippen LogP contribution < -0.4 is 5.32 Å². The Balaban J connectivity index is 0.00000320. The molecule has 2 aliphatic heterocycles. The Morgan fingerprint density at radius 1 is 1.20 bits per heavy atom. The molecule has 2 fully saturated rings. The number of hydrogen-bond acceptors (Lipinski definition) is 4. The third kappa shape index (κ3) is 7.03. The molecule has 3 atom stereocenters. The van der Waals surface area contributed by atoms with Gasteiger partial charge in [-0.15, -0.1) is 24.0 Å². The number of likely N-dealkylation sites (N-methyl/N-ethyl adjacent to an activating group) is 1. The number of rotatable bonds is 5. The van der Waals surface area contributed by atoms with E-state index in [9.17, 15) is 4.39 Å². The molecule has 2 heterocycles. The lowest BCUT2D eigenvalue weighted by Gasteiger charge is -2.39. The standard InChI is InChI=1S/C22H36FN5O.HI/c1-5-24-22(25-14-17(2)27-12-10-26(4)11-13-27)28-15-18(3)29-21(16-28)19-6-8-20(23)9-7-19;/h6-9,17-18,21H,5,10-16H2,1-4H3,(H,24,25);1H. The predicted molar refractivity (Wildman–Crippen MR) is 131 cm³/mol. The molecule has 30 heavy (non-hydrogen) atoms. The van der Waals surface area contributed by atoms with Crippen LogP contribution in [-0.4, -0.2) is 92.2 Å². The van der Waals surface area contributed by atoms with Gasteiger partial charge in [-0.05, 0) is 45.5 Å². The van der Waals surface area contributed by atoms with Gasteiger partial charge in [0.25, 0.3) is 0 Å². The summed E-state index contributed by atoms with van der Waals surface area (Å²) in [5.74, 6) is 0.720. The minimum atomic E-state index is -0.220. The van der Waals surface area contributed by atoms with E-state index in [0.717, 1.165) is 57.3 Å². The molecule has 1 N–H and O–H groups in total. The van der Waals surface area contributed by atoms with Gasteiger partial charge in [-0.1, -0.05) is 12.1 Å². The van der Waals surface area contributed by atoms with Crippen LogP contribution in [0, 0.1) is 5.82 Å². The predicted octanol–water partition coefficient (Wildman–Crippen LogP) is 2.81. The number of piperazine rings is 1. The van der Waals surface area contributed by atoms with E-state index >= 15 is 0 Å². The van der Waals surface area contributed by atoms with Crippen molar-refractivity contribution in [3.8, 4) is 0 Å². The van der Waals surface area contributed by atoms with Gasteiger partial charge >= 0.3 is 0 Å². The average molecular weight is 533 g/mol. The molecule has 0 radical (unpaired) electrons. The Labute approximate surface area is 197 Å².